The van der Waals surface area contributed by atoms with Gasteiger partial charge in [-0.3, -0.25) is 4.90 Å². The molecule has 1 aromatic heterocycles. The standard InChI is InChI=1S/C13H20N4O/c1-13(2,8-18)17(3)7-12-15-10-5-4-9(14)6-11(10)16-12/h4-6,18H,7-8,14H2,1-3H3,(H,15,16). The highest BCUT2D eigenvalue weighted by molar-refractivity contribution is 5.78. The number of nitrogens with one attached hydrogen (secondary N) is 1. The highest BCUT2D eigenvalue weighted by Gasteiger charge is 2.23. The molecule has 5 heteroatoms. The summed E-state index contributed by atoms with van der Waals surface area (Å²) in [5, 5.41) is 9.33. The van der Waals surface area contributed by atoms with Gasteiger partial charge in [0.1, 0.15) is 5.82 Å². The van der Waals surface area contributed by atoms with E-state index in [1.54, 1.807) is 0 Å². The monoisotopic (exact) mass is 248 g/mol. The number of aliphatic hydroxyl groups is 1. The zero-order chi connectivity index (χ0) is 13.3. The van der Waals surface area contributed by atoms with Gasteiger partial charge in [0.15, 0.2) is 0 Å². The van der Waals surface area contributed by atoms with Crippen molar-refractivity contribution >= 4 is 16.7 Å². The average Bonchev–Trinajstić information content (AvgIpc) is 2.70. The van der Waals surface area contributed by atoms with Crippen molar-refractivity contribution in [2.24, 2.45) is 0 Å². The molecule has 2 rings (SSSR count). The minimum atomic E-state index is -0.266. The summed E-state index contributed by atoms with van der Waals surface area (Å²) in [6.45, 7) is 4.75. The van der Waals surface area contributed by atoms with Gasteiger partial charge in [-0.15, -0.1) is 0 Å². The van der Waals surface area contributed by atoms with Gasteiger partial charge in [-0.05, 0) is 39.1 Å². The molecule has 0 spiro atoms. The highest BCUT2D eigenvalue weighted by atomic mass is 16.3. The van der Waals surface area contributed by atoms with E-state index in [-0.39, 0.29) is 12.1 Å². The Morgan fingerprint density at radius 2 is 2.17 bits per heavy atom. The number of hydrogen-bond donors (Lipinski definition) is 3. The largest absolute Gasteiger partial charge is 0.399 e. The van der Waals surface area contributed by atoms with E-state index < -0.39 is 0 Å². The number of fused-ring (bicyclic) bond motifs is 1. The number of H-pyrrole nitrogens is 1. The van der Waals surface area contributed by atoms with E-state index in [2.05, 4.69) is 14.9 Å². The maximum atomic E-state index is 9.33. The first-order valence-electron chi connectivity index (χ1n) is 5.98. The van der Waals surface area contributed by atoms with Crippen molar-refractivity contribution in [3.05, 3.63) is 24.0 Å². The number of aromatic nitrogens is 2. The van der Waals surface area contributed by atoms with Crippen molar-refractivity contribution in [1.82, 2.24) is 14.9 Å². The molecule has 0 radical (unpaired) electrons. The van der Waals surface area contributed by atoms with Gasteiger partial charge < -0.3 is 15.8 Å². The van der Waals surface area contributed by atoms with Crippen LogP contribution in [0.5, 0.6) is 0 Å². The maximum Gasteiger partial charge on any atom is 0.121 e. The van der Waals surface area contributed by atoms with Crippen LogP contribution >= 0.6 is 0 Å². The molecule has 1 aromatic carbocycles. The van der Waals surface area contributed by atoms with Gasteiger partial charge in [-0.1, -0.05) is 0 Å². The highest BCUT2D eigenvalue weighted by Crippen LogP contribution is 2.18. The first kappa shape index (κ1) is 12.9. The molecule has 0 unspecified atom stereocenters. The summed E-state index contributed by atoms with van der Waals surface area (Å²) in [4.78, 5) is 9.82. The molecule has 5 nitrogen and oxygen atoms in total. The van der Waals surface area contributed by atoms with Gasteiger partial charge in [0, 0.05) is 11.2 Å². The molecule has 98 valence electrons. The lowest BCUT2D eigenvalue weighted by molar-refractivity contribution is 0.0717. The molecule has 0 saturated heterocycles. The number of nitrogens with zero attached hydrogens (tertiary/aromatic N) is 2. The second-order valence-corrected chi connectivity index (χ2v) is 5.29. The number of aliphatic hydroxyl groups excluding tert-OH is 1. The molecule has 0 saturated carbocycles. The Morgan fingerprint density at radius 1 is 1.44 bits per heavy atom. The molecule has 4 N–H and O–H groups in total. The number of imidazole rings is 1. The zero-order valence-electron chi connectivity index (χ0n) is 11.1. The summed E-state index contributed by atoms with van der Waals surface area (Å²) in [5.74, 6) is 0.875. The van der Waals surface area contributed by atoms with Crippen molar-refractivity contribution in [2.75, 3.05) is 19.4 Å². The summed E-state index contributed by atoms with van der Waals surface area (Å²) in [6.07, 6.45) is 0. The van der Waals surface area contributed by atoms with Gasteiger partial charge in [-0.2, -0.15) is 0 Å². The first-order chi connectivity index (χ1) is 8.42. The quantitative estimate of drug-likeness (QED) is 0.714. The molecule has 0 aliphatic carbocycles. The summed E-state index contributed by atoms with van der Waals surface area (Å²) >= 11 is 0. The zero-order valence-corrected chi connectivity index (χ0v) is 11.1. The predicted octanol–water partition coefficient (Wildman–Crippen LogP) is 1.35. The maximum absolute atomic E-state index is 9.33. The second kappa shape index (κ2) is 4.59. The van der Waals surface area contributed by atoms with Crippen molar-refractivity contribution in [3.8, 4) is 0 Å². The van der Waals surface area contributed by atoms with Gasteiger partial charge in [0.2, 0.25) is 0 Å². The topological polar surface area (TPSA) is 78.2 Å². The van der Waals surface area contributed by atoms with Crippen LogP contribution in [0.25, 0.3) is 11.0 Å². The van der Waals surface area contributed by atoms with Crippen LogP contribution in [0.15, 0.2) is 18.2 Å². The van der Waals surface area contributed by atoms with Crippen molar-refractivity contribution in [2.45, 2.75) is 25.9 Å². The number of rotatable bonds is 4. The minimum absolute atomic E-state index is 0.108. The smallest absolute Gasteiger partial charge is 0.121 e. The molecular formula is C13H20N4O. The Morgan fingerprint density at radius 3 is 2.83 bits per heavy atom. The van der Waals surface area contributed by atoms with Crippen molar-refractivity contribution in [3.63, 3.8) is 0 Å². The number of benzene rings is 1. The third-order valence-electron chi connectivity index (χ3n) is 3.36. The summed E-state index contributed by atoms with van der Waals surface area (Å²) in [6, 6.07) is 5.62. The van der Waals surface area contributed by atoms with Gasteiger partial charge in [0.25, 0.3) is 0 Å². The second-order valence-electron chi connectivity index (χ2n) is 5.29. The van der Waals surface area contributed by atoms with E-state index in [9.17, 15) is 5.11 Å². The van der Waals surface area contributed by atoms with Crippen molar-refractivity contribution < 1.29 is 5.11 Å². The first-order valence-corrected chi connectivity index (χ1v) is 5.98. The normalized spacial score (nSPS) is 12.5. The third kappa shape index (κ3) is 2.47. The Kier molecular flexibility index (Phi) is 3.28. The van der Waals surface area contributed by atoms with E-state index in [1.807, 2.05) is 39.1 Å². The van der Waals surface area contributed by atoms with Crippen LogP contribution in [0.4, 0.5) is 5.69 Å². The number of anilines is 1. The van der Waals surface area contributed by atoms with Crippen LogP contribution < -0.4 is 5.73 Å². The van der Waals surface area contributed by atoms with E-state index in [1.165, 1.54) is 0 Å². The van der Waals surface area contributed by atoms with E-state index >= 15 is 0 Å². The van der Waals surface area contributed by atoms with E-state index in [4.69, 9.17) is 5.73 Å². The molecule has 0 aliphatic rings. The molecule has 0 fully saturated rings. The van der Waals surface area contributed by atoms with E-state index in [0.29, 0.717) is 6.54 Å². The van der Waals surface area contributed by atoms with Crippen LogP contribution in [-0.4, -0.2) is 39.2 Å². The Hall–Kier alpha value is -1.59. The minimum Gasteiger partial charge on any atom is -0.399 e. The number of hydrogen-bond acceptors (Lipinski definition) is 4. The van der Waals surface area contributed by atoms with Gasteiger partial charge >= 0.3 is 0 Å². The third-order valence-corrected chi connectivity index (χ3v) is 3.36. The van der Waals surface area contributed by atoms with Crippen LogP contribution in [-0.2, 0) is 6.54 Å². The fraction of sp³-hybridized carbons (Fsp3) is 0.462. The number of nitrogen functional groups attached to an aromatic ring is 1. The fourth-order valence-electron chi connectivity index (χ4n) is 1.71. The molecule has 18 heavy (non-hydrogen) atoms. The summed E-state index contributed by atoms with van der Waals surface area (Å²) in [7, 11) is 1.97. The summed E-state index contributed by atoms with van der Waals surface area (Å²) < 4.78 is 0. The van der Waals surface area contributed by atoms with Crippen LogP contribution in [0.2, 0.25) is 0 Å². The predicted molar refractivity (Wildman–Crippen MR) is 73.1 cm³/mol. The molecule has 2 aromatic rings. The number of aromatic amines is 1. The van der Waals surface area contributed by atoms with E-state index in [0.717, 1.165) is 22.5 Å². The van der Waals surface area contributed by atoms with Crippen LogP contribution in [0.1, 0.15) is 19.7 Å². The lowest BCUT2D eigenvalue weighted by atomic mass is 10.1. The SMILES string of the molecule is CN(Cc1nc2ccc(N)cc2[nH]1)C(C)(C)CO. The molecule has 0 atom stereocenters. The molecule has 0 amide bonds. The van der Waals surface area contributed by atoms with Crippen molar-refractivity contribution in [1.29, 1.82) is 0 Å². The lowest BCUT2D eigenvalue weighted by Gasteiger charge is -2.33. The van der Waals surface area contributed by atoms with Gasteiger partial charge in [0.05, 0.1) is 24.2 Å². The number of nitrogens with two attached hydrogens (primary N) is 1. The van der Waals surface area contributed by atoms with Gasteiger partial charge in [-0.25, -0.2) is 4.98 Å². The molecule has 1 heterocycles. The number of likely N-dealkylation sites (N-methyl/N-ethyl adjacent to an activating group) is 1. The lowest BCUT2D eigenvalue weighted by Crippen LogP contribution is -2.43. The Balaban J connectivity index is 2.22. The average molecular weight is 248 g/mol. The van der Waals surface area contributed by atoms with Crippen LogP contribution in [0, 0.1) is 0 Å². The van der Waals surface area contributed by atoms with Crippen LogP contribution in [0.3, 0.4) is 0 Å². The fourth-order valence-corrected chi connectivity index (χ4v) is 1.71. The molecule has 0 bridgehead atoms. The Bertz CT molecular complexity index is 547. The molecular weight excluding hydrogens is 228 g/mol. The molecule has 0 aliphatic heterocycles. The Labute approximate surface area is 107 Å². The summed E-state index contributed by atoms with van der Waals surface area (Å²) in [5.41, 5.74) is 8.05.